The second kappa shape index (κ2) is 6.30. The first-order valence-corrected chi connectivity index (χ1v) is 9.24. The summed E-state index contributed by atoms with van der Waals surface area (Å²) in [7, 11) is -3.58. The normalized spacial score (nSPS) is 11.4. The minimum Gasteiger partial charge on any atom is -0.448 e. The number of nitro benzene ring substituents is 1. The SMILES string of the molecule is CS(=O)(=O)c1ccc(Oc2ccc(Cl)c3cccnc23)c([N+](=O)[O-])c1. The number of nitro groups is 1. The minimum absolute atomic E-state index is 0.0910. The molecular weight excluding hydrogens is 368 g/mol. The maximum Gasteiger partial charge on any atom is 0.312 e. The summed E-state index contributed by atoms with van der Waals surface area (Å²) in [5.74, 6) is 0.182. The fraction of sp³-hybridized carbons (Fsp3) is 0.0625. The fourth-order valence-corrected chi connectivity index (χ4v) is 3.13. The van der Waals surface area contributed by atoms with Gasteiger partial charge in [-0.15, -0.1) is 0 Å². The summed E-state index contributed by atoms with van der Waals surface area (Å²) < 4.78 is 28.9. The minimum atomic E-state index is -3.58. The van der Waals surface area contributed by atoms with Gasteiger partial charge >= 0.3 is 5.69 Å². The third kappa shape index (κ3) is 3.40. The van der Waals surface area contributed by atoms with E-state index < -0.39 is 20.4 Å². The molecule has 0 atom stereocenters. The van der Waals surface area contributed by atoms with Crippen molar-refractivity contribution in [2.24, 2.45) is 0 Å². The number of aromatic nitrogens is 1. The topological polar surface area (TPSA) is 99.4 Å². The summed E-state index contributed by atoms with van der Waals surface area (Å²) in [6.45, 7) is 0. The van der Waals surface area contributed by atoms with Gasteiger partial charge in [0.2, 0.25) is 5.75 Å². The third-order valence-corrected chi connectivity index (χ3v) is 4.89. The van der Waals surface area contributed by atoms with Gasteiger partial charge in [-0.25, -0.2) is 8.42 Å². The van der Waals surface area contributed by atoms with Gasteiger partial charge in [-0.1, -0.05) is 11.6 Å². The number of hydrogen-bond donors (Lipinski definition) is 0. The highest BCUT2D eigenvalue weighted by Gasteiger charge is 2.21. The number of ether oxygens (including phenoxy) is 1. The van der Waals surface area contributed by atoms with E-state index in [4.69, 9.17) is 16.3 Å². The molecule has 0 saturated heterocycles. The molecule has 3 rings (SSSR count). The van der Waals surface area contributed by atoms with Crippen LogP contribution >= 0.6 is 11.6 Å². The smallest absolute Gasteiger partial charge is 0.312 e. The average molecular weight is 379 g/mol. The zero-order valence-electron chi connectivity index (χ0n) is 12.8. The van der Waals surface area contributed by atoms with E-state index in [1.165, 1.54) is 12.1 Å². The van der Waals surface area contributed by atoms with Crippen LogP contribution in [0.5, 0.6) is 11.5 Å². The molecule has 0 aliphatic heterocycles. The van der Waals surface area contributed by atoms with Gasteiger partial charge in [0.05, 0.1) is 14.8 Å². The van der Waals surface area contributed by atoms with Crippen molar-refractivity contribution < 1.29 is 18.1 Å². The van der Waals surface area contributed by atoms with E-state index >= 15 is 0 Å². The van der Waals surface area contributed by atoms with Crippen LogP contribution in [0.1, 0.15) is 0 Å². The molecule has 1 aromatic heterocycles. The molecule has 3 aromatic rings. The first-order chi connectivity index (χ1) is 11.8. The van der Waals surface area contributed by atoms with Crippen molar-refractivity contribution in [1.29, 1.82) is 0 Å². The van der Waals surface area contributed by atoms with Gasteiger partial charge in [-0.3, -0.25) is 15.1 Å². The maximum atomic E-state index is 11.6. The van der Waals surface area contributed by atoms with Crippen molar-refractivity contribution in [3.05, 3.63) is 63.8 Å². The van der Waals surface area contributed by atoms with Crippen molar-refractivity contribution in [2.45, 2.75) is 4.90 Å². The van der Waals surface area contributed by atoms with Crippen LogP contribution in [-0.4, -0.2) is 24.6 Å². The van der Waals surface area contributed by atoms with Gasteiger partial charge in [0.15, 0.2) is 15.6 Å². The lowest BCUT2D eigenvalue weighted by Crippen LogP contribution is -2.00. The van der Waals surface area contributed by atoms with Gasteiger partial charge in [0.25, 0.3) is 0 Å². The first kappa shape index (κ1) is 17.1. The lowest BCUT2D eigenvalue weighted by molar-refractivity contribution is -0.385. The molecule has 0 bridgehead atoms. The molecule has 0 unspecified atom stereocenters. The summed E-state index contributed by atoms with van der Waals surface area (Å²) in [6, 6.07) is 10.1. The molecule has 0 N–H and O–H groups in total. The Morgan fingerprint density at radius 2 is 1.88 bits per heavy atom. The Bertz CT molecular complexity index is 1100. The molecule has 25 heavy (non-hydrogen) atoms. The predicted octanol–water partition coefficient (Wildman–Crippen LogP) is 3.99. The van der Waals surface area contributed by atoms with Gasteiger partial charge in [0, 0.05) is 23.9 Å². The first-order valence-electron chi connectivity index (χ1n) is 6.97. The van der Waals surface area contributed by atoms with Crippen LogP contribution in [0.2, 0.25) is 5.02 Å². The van der Waals surface area contributed by atoms with Gasteiger partial charge in [-0.05, 0) is 36.4 Å². The zero-order valence-corrected chi connectivity index (χ0v) is 14.4. The second-order valence-corrected chi connectivity index (χ2v) is 7.63. The Balaban J connectivity index is 2.13. The number of pyridine rings is 1. The van der Waals surface area contributed by atoms with E-state index in [0.29, 0.717) is 15.9 Å². The standard InChI is InChI=1S/C16H11ClN2O5S/c1-25(22,23)10-4-6-14(13(9-10)19(20)21)24-15-7-5-12(17)11-3-2-8-18-16(11)15/h2-9H,1H3. The van der Waals surface area contributed by atoms with Crippen molar-refractivity contribution in [1.82, 2.24) is 4.98 Å². The highest BCUT2D eigenvalue weighted by molar-refractivity contribution is 7.90. The van der Waals surface area contributed by atoms with E-state index in [1.54, 1.807) is 30.5 Å². The molecule has 2 aromatic carbocycles. The molecule has 0 saturated carbocycles. The van der Waals surface area contributed by atoms with E-state index in [1.807, 2.05) is 0 Å². The molecule has 9 heteroatoms. The van der Waals surface area contributed by atoms with Crippen LogP contribution in [0.25, 0.3) is 10.9 Å². The number of halogens is 1. The Hall–Kier alpha value is -2.71. The van der Waals surface area contributed by atoms with Gasteiger partial charge in [0.1, 0.15) is 5.52 Å². The molecule has 128 valence electrons. The van der Waals surface area contributed by atoms with Crippen molar-refractivity contribution in [3.63, 3.8) is 0 Å². The highest BCUT2D eigenvalue weighted by Crippen LogP contribution is 2.37. The predicted molar refractivity (Wildman–Crippen MR) is 93.0 cm³/mol. The summed E-state index contributed by atoms with van der Waals surface area (Å²) in [6.07, 6.45) is 2.52. The van der Waals surface area contributed by atoms with E-state index in [2.05, 4.69) is 4.98 Å². The summed E-state index contributed by atoms with van der Waals surface area (Å²) >= 11 is 6.11. The Labute approximate surface area is 147 Å². The zero-order chi connectivity index (χ0) is 18.2. The van der Waals surface area contributed by atoms with Crippen molar-refractivity contribution >= 4 is 38.0 Å². The molecule has 0 radical (unpaired) electrons. The second-order valence-electron chi connectivity index (χ2n) is 5.21. The highest BCUT2D eigenvalue weighted by atomic mass is 35.5. The lowest BCUT2D eigenvalue weighted by Gasteiger charge is -2.10. The number of nitrogens with zero attached hydrogens (tertiary/aromatic N) is 2. The molecule has 7 nitrogen and oxygen atoms in total. The summed E-state index contributed by atoms with van der Waals surface area (Å²) in [5, 5.41) is 12.4. The van der Waals surface area contributed by atoms with Gasteiger partial charge < -0.3 is 4.74 Å². The van der Waals surface area contributed by atoms with E-state index in [0.717, 1.165) is 12.3 Å². The molecular formula is C16H11ClN2O5S. The molecule has 1 heterocycles. The molecule has 0 amide bonds. The number of rotatable bonds is 4. The lowest BCUT2D eigenvalue weighted by atomic mass is 10.2. The Morgan fingerprint density at radius 1 is 1.16 bits per heavy atom. The van der Waals surface area contributed by atoms with E-state index in [9.17, 15) is 18.5 Å². The van der Waals surface area contributed by atoms with E-state index in [-0.39, 0.29) is 16.4 Å². The number of benzene rings is 2. The quantitative estimate of drug-likeness (QED) is 0.502. The van der Waals surface area contributed by atoms with Crippen LogP contribution in [0, 0.1) is 10.1 Å². The van der Waals surface area contributed by atoms with Gasteiger partial charge in [-0.2, -0.15) is 0 Å². The monoisotopic (exact) mass is 378 g/mol. The summed E-state index contributed by atoms with van der Waals surface area (Å²) in [4.78, 5) is 14.6. The Kier molecular flexibility index (Phi) is 4.32. The number of sulfone groups is 1. The molecule has 0 aliphatic carbocycles. The maximum absolute atomic E-state index is 11.6. The van der Waals surface area contributed by atoms with Crippen molar-refractivity contribution in [2.75, 3.05) is 6.26 Å². The summed E-state index contributed by atoms with van der Waals surface area (Å²) in [5.41, 5.74) is -0.0153. The van der Waals surface area contributed by atoms with Crippen LogP contribution in [0.15, 0.2) is 53.6 Å². The van der Waals surface area contributed by atoms with Crippen LogP contribution in [0.4, 0.5) is 5.69 Å². The Morgan fingerprint density at radius 3 is 2.56 bits per heavy atom. The largest absolute Gasteiger partial charge is 0.448 e. The average Bonchev–Trinajstić information content (AvgIpc) is 2.57. The van der Waals surface area contributed by atoms with Crippen LogP contribution < -0.4 is 4.74 Å². The molecule has 0 fully saturated rings. The third-order valence-electron chi connectivity index (χ3n) is 3.45. The number of hydrogen-bond acceptors (Lipinski definition) is 6. The van der Waals surface area contributed by atoms with Crippen LogP contribution in [0.3, 0.4) is 0 Å². The van der Waals surface area contributed by atoms with Crippen molar-refractivity contribution in [3.8, 4) is 11.5 Å². The molecule has 0 aliphatic rings. The number of fused-ring (bicyclic) bond motifs is 1. The molecule has 0 spiro atoms. The van der Waals surface area contributed by atoms with Crippen LogP contribution in [-0.2, 0) is 9.84 Å². The fourth-order valence-electron chi connectivity index (χ4n) is 2.27.